The van der Waals surface area contributed by atoms with E-state index in [1.807, 2.05) is 84.9 Å². The summed E-state index contributed by atoms with van der Waals surface area (Å²) in [5, 5.41) is 24.5. The molecule has 0 spiro atoms. The standard InChI is InChI=1S/C58H38N2O4S2/c1-57(2,3)65-53-33-31-47-27-29-49-23-19-45(37-55(49)59(61)62)11-7-8-12-46-20-24-50(56(38-46)60(63)64)30-28-48-32-34-54(66-58(4,5)6)40-52(48)26-22-44-16-10-14-42(36-44)18-17-41-13-9-15-43(35-41)21-25-51(47)39-53/h9-10,13-16,19-20,23-24,31-40H,1-6H3. The van der Waals surface area contributed by atoms with Crippen LogP contribution in [0.15, 0.2) is 131 Å². The Hall–Kier alpha value is -8.26. The minimum atomic E-state index is -0.498. The highest BCUT2D eigenvalue weighted by Gasteiger charge is 2.17. The Morgan fingerprint density at radius 3 is 1.05 bits per heavy atom. The van der Waals surface area contributed by atoms with Gasteiger partial charge in [-0.05, 0) is 109 Å². The van der Waals surface area contributed by atoms with Gasteiger partial charge in [0.25, 0.3) is 11.4 Å². The fraction of sp³-hybridized carbons (Fsp3) is 0.138. The third-order valence-corrected chi connectivity index (χ3v) is 11.3. The van der Waals surface area contributed by atoms with Crippen LogP contribution in [0.2, 0.25) is 0 Å². The van der Waals surface area contributed by atoms with Crippen LogP contribution in [0.4, 0.5) is 11.4 Å². The summed E-state index contributed by atoms with van der Waals surface area (Å²) in [7, 11) is 0. The van der Waals surface area contributed by atoms with Crippen LogP contribution in [0.1, 0.15) is 108 Å². The topological polar surface area (TPSA) is 86.3 Å². The zero-order chi connectivity index (χ0) is 46.8. The van der Waals surface area contributed by atoms with Crippen LogP contribution in [0.5, 0.6) is 0 Å². The molecule has 8 heteroatoms. The third kappa shape index (κ3) is 12.9. The summed E-state index contributed by atoms with van der Waals surface area (Å²) in [6.07, 6.45) is 0. The number of rotatable bonds is 4. The second-order valence-electron chi connectivity index (χ2n) is 16.7. The van der Waals surface area contributed by atoms with Gasteiger partial charge >= 0.3 is 0 Å². The number of nitro groups is 2. The first kappa shape index (κ1) is 45.8. The van der Waals surface area contributed by atoms with Crippen molar-refractivity contribution < 1.29 is 9.85 Å². The quantitative estimate of drug-likeness (QED) is 0.0758. The maximum atomic E-state index is 12.2. The smallest absolute Gasteiger partial charge is 0.258 e. The molecule has 6 nitrogen and oxygen atoms in total. The van der Waals surface area contributed by atoms with Gasteiger partial charge in [-0.25, -0.2) is 0 Å². The van der Waals surface area contributed by atoms with Gasteiger partial charge in [-0.15, -0.1) is 23.5 Å². The average Bonchev–Trinajstić information content (AvgIpc) is 3.27. The molecule has 8 bridgehead atoms. The molecule has 9 rings (SSSR count). The minimum Gasteiger partial charge on any atom is -0.258 e. The zero-order valence-electron chi connectivity index (χ0n) is 36.9. The van der Waals surface area contributed by atoms with Crippen LogP contribution in [-0.4, -0.2) is 19.3 Å². The monoisotopic (exact) mass is 890 g/mol. The lowest BCUT2D eigenvalue weighted by atomic mass is 10.0. The van der Waals surface area contributed by atoms with Crippen LogP contribution >= 0.6 is 23.5 Å². The highest BCUT2D eigenvalue weighted by Crippen LogP contribution is 2.34. The maximum Gasteiger partial charge on any atom is 0.286 e. The number of thioether (sulfide) groups is 2. The van der Waals surface area contributed by atoms with Gasteiger partial charge in [0.15, 0.2) is 0 Å². The zero-order valence-corrected chi connectivity index (χ0v) is 38.5. The van der Waals surface area contributed by atoms with Crippen LogP contribution < -0.4 is 0 Å². The largest absolute Gasteiger partial charge is 0.286 e. The van der Waals surface area contributed by atoms with Crippen molar-refractivity contribution in [3.05, 3.63) is 208 Å². The summed E-state index contributed by atoms with van der Waals surface area (Å²) in [4.78, 5) is 25.5. The lowest BCUT2D eigenvalue weighted by Gasteiger charge is -2.17. The third-order valence-electron chi connectivity index (χ3n) is 9.12. The summed E-state index contributed by atoms with van der Waals surface area (Å²) >= 11 is 3.41. The molecule has 6 aromatic rings. The van der Waals surface area contributed by atoms with Crippen LogP contribution in [0.3, 0.4) is 0 Å². The van der Waals surface area contributed by atoms with E-state index in [0.717, 1.165) is 32.0 Å². The van der Waals surface area contributed by atoms with Crippen molar-refractivity contribution in [2.24, 2.45) is 0 Å². The van der Waals surface area contributed by atoms with Gasteiger partial charge in [-0.1, -0.05) is 125 Å². The van der Waals surface area contributed by atoms with Crippen molar-refractivity contribution in [3.8, 4) is 82.9 Å². The van der Waals surface area contributed by atoms with E-state index < -0.39 is 9.85 Å². The first-order chi connectivity index (χ1) is 31.5. The average molecular weight is 891 g/mol. The molecule has 0 aromatic heterocycles. The Balaban J connectivity index is 1.37. The molecule has 0 heterocycles. The lowest BCUT2D eigenvalue weighted by Crippen LogP contribution is -2.06. The van der Waals surface area contributed by atoms with Crippen molar-refractivity contribution in [1.82, 2.24) is 0 Å². The number of fused-ring (bicyclic) bond motifs is 2. The van der Waals surface area contributed by atoms with E-state index in [4.69, 9.17) is 0 Å². The van der Waals surface area contributed by atoms with E-state index in [2.05, 4.69) is 124 Å². The van der Waals surface area contributed by atoms with Gasteiger partial charge in [0.1, 0.15) is 11.1 Å². The number of nitrogens with zero attached hydrogens (tertiary/aromatic N) is 2. The molecule has 0 saturated heterocycles. The highest BCUT2D eigenvalue weighted by atomic mass is 32.2. The second-order valence-corrected chi connectivity index (χ2v) is 20.5. The number of nitro benzene ring substituents is 2. The Bertz CT molecular complexity index is 3220. The number of hydrogen-bond donors (Lipinski definition) is 0. The summed E-state index contributed by atoms with van der Waals surface area (Å²) < 4.78 is -0.105. The molecule has 0 atom stereocenters. The van der Waals surface area contributed by atoms with Crippen LogP contribution in [0, 0.1) is 103 Å². The Kier molecular flexibility index (Phi) is 13.9. The second kappa shape index (κ2) is 20.1. The van der Waals surface area contributed by atoms with Gasteiger partial charge in [0.05, 0.1) is 9.85 Å². The summed E-state index contributed by atoms with van der Waals surface area (Å²) in [6.45, 7) is 12.8. The SMILES string of the molecule is CC(C)(C)Sc1ccc2c(c1)C#Cc1cccc(c1)C#Cc1cccc(c1)C#Cc1cc(SC(C)(C)C)ccc1C#Cc1ccc(cc1[N+](=O)[O-])C#CC#Cc1ccc(c([N+](=O)[O-])c1)C#C2. The summed E-state index contributed by atoms with van der Waals surface area (Å²) in [5.41, 5.74) is 6.38. The molecule has 0 aliphatic heterocycles. The molecule has 0 fully saturated rings. The first-order valence-corrected chi connectivity index (χ1v) is 22.2. The summed E-state index contributed by atoms with van der Waals surface area (Å²) in [6, 6.07) is 36.2. The van der Waals surface area contributed by atoms with Crippen LogP contribution in [-0.2, 0) is 0 Å². The Labute approximate surface area is 394 Å². The van der Waals surface area contributed by atoms with Gasteiger partial charge in [-0.3, -0.25) is 20.2 Å². The van der Waals surface area contributed by atoms with E-state index >= 15 is 0 Å². The van der Waals surface area contributed by atoms with E-state index in [9.17, 15) is 20.2 Å². The van der Waals surface area contributed by atoms with Gasteiger partial charge in [-0.2, -0.15) is 0 Å². The van der Waals surface area contributed by atoms with E-state index in [1.54, 1.807) is 47.8 Å². The van der Waals surface area contributed by atoms with Crippen LogP contribution in [0.25, 0.3) is 0 Å². The molecule has 0 amide bonds. The Morgan fingerprint density at radius 1 is 0.364 bits per heavy atom. The predicted octanol–water partition coefficient (Wildman–Crippen LogP) is 12.0. The molecule has 6 aromatic carbocycles. The number of hydrogen-bond acceptors (Lipinski definition) is 6. The minimum absolute atomic E-state index is 0.0526. The van der Waals surface area contributed by atoms with Crippen molar-refractivity contribution in [2.75, 3.05) is 0 Å². The molecule has 0 unspecified atom stereocenters. The molecule has 3 aliphatic rings. The van der Waals surface area contributed by atoms with Gasteiger partial charge in [0, 0.05) is 87.1 Å². The molecule has 0 N–H and O–H groups in total. The van der Waals surface area contributed by atoms with E-state index in [0.29, 0.717) is 33.4 Å². The Morgan fingerprint density at radius 2 is 0.682 bits per heavy atom. The maximum absolute atomic E-state index is 12.2. The van der Waals surface area contributed by atoms with E-state index in [1.165, 1.54) is 12.1 Å². The number of benzene rings is 6. The molecule has 0 saturated carbocycles. The molecule has 0 radical (unpaired) electrons. The molecular formula is C58H38N2O4S2. The molecule has 66 heavy (non-hydrogen) atoms. The molecule has 316 valence electrons. The van der Waals surface area contributed by atoms with Crippen molar-refractivity contribution >= 4 is 34.9 Å². The fourth-order valence-corrected chi connectivity index (χ4v) is 8.33. The lowest BCUT2D eigenvalue weighted by molar-refractivity contribution is -0.385. The summed E-state index contributed by atoms with van der Waals surface area (Å²) in [5.74, 6) is 43.1. The fourth-order valence-electron chi connectivity index (χ4n) is 6.29. The predicted molar refractivity (Wildman–Crippen MR) is 267 cm³/mol. The highest BCUT2D eigenvalue weighted by molar-refractivity contribution is 8.00. The van der Waals surface area contributed by atoms with Crippen molar-refractivity contribution in [2.45, 2.75) is 60.8 Å². The van der Waals surface area contributed by atoms with Crippen molar-refractivity contribution in [3.63, 3.8) is 0 Å². The van der Waals surface area contributed by atoms with E-state index in [-0.39, 0.29) is 32.0 Å². The van der Waals surface area contributed by atoms with Gasteiger partial charge in [0.2, 0.25) is 0 Å². The first-order valence-electron chi connectivity index (χ1n) is 20.6. The molecular weight excluding hydrogens is 853 g/mol. The van der Waals surface area contributed by atoms with Crippen molar-refractivity contribution in [1.29, 1.82) is 0 Å². The molecule has 3 aliphatic carbocycles. The normalized spacial score (nSPS) is 11.2. The van der Waals surface area contributed by atoms with Gasteiger partial charge < -0.3 is 0 Å².